The van der Waals surface area contributed by atoms with Crippen LogP contribution in [0.4, 0.5) is 0 Å². The highest BCUT2D eigenvalue weighted by Gasteiger charge is 2.35. The highest BCUT2D eigenvalue weighted by Crippen LogP contribution is 2.35. The van der Waals surface area contributed by atoms with Gasteiger partial charge in [0.1, 0.15) is 5.78 Å². The van der Waals surface area contributed by atoms with Crippen molar-refractivity contribution in [1.82, 2.24) is 4.98 Å². The smallest absolute Gasteiger partial charge is 0.355 e. The van der Waals surface area contributed by atoms with Gasteiger partial charge in [-0.2, -0.15) is 0 Å². The summed E-state index contributed by atoms with van der Waals surface area (Å²) in [6, 6.07) is 0. The van der Waals surface area contributed by atoms with Gasteiger partial charge in [-0.05, 0) is 44.4 Å². The molecule has 2 fully saturated rings. The van der Waals surface area contributed by atoms with Crippen molar-refractivity contribution in [2.75, 3.05) is 5.75 Å². The van der Waals surface area contributed by atoms with Gasteiger partial charge in [-0.25, -0.2) is 18.2 Å². The molecule has 2 aliphatic rings. The van der Waals surface area contributed by atoms with E-state index >= 15 is 0 Å². The van der Waals surface area contributed by atoms with Crippen LogP contribution < -0.4 is 0 Å². The number of aromatic nitrogens is 1. The predicted octanol–water partition coefficient (Wildman–Crippen LogP) is 4.27. The largest absolute Gasteiger partial charge is 0.476 e. The minimum atomic E-state index is -3.74. The number of ketones is 1. The van der Waals surface area contributed by atoms with Crippen molar-refractivity contribution >= 4 is 32.9 Å². The Morgan fingerprint density at radius 2 is 2.00 bits per heavy atom. The summed E-state index contributed by atoms with van der Waals surface area (Å²) in [4.78, 5) is 27.0. The first-order valence-electron chi connectivity index (χ1n) is 11.4. The summed E-state index contributed by atoms with van der Waals surface area (Å²) < 4.78 is 24.9. The van der Waals surface area contributed by atoms with Crippen molar-refractivity contribution in [3.05, 3.63) is 23.2 Å². The van der Waals surface area contributed by atoms with E-state index in [0.717, 1.165) is 17.8 Å². The summed E-state index contributed by atoms with van der Waals surface area (Å²) >= 11 is 0.793. The summed E-state index contributed by atoms with van der Waals surface area (Å²) in [7, 11) is -3.74. The van der Waals surface area contributed by atoms with Crippen LogP contribution in [0.2, 0.25) is 0 Å². The summed E-state index contributed by atoms with van der Waals surface area (Å²) in [6.45, 7) is 1.87. The number of rotatable bonds is 10. The number of carboxylic acids is 1. The summed E-state index contributed by atoms with van der Waals surface area (Å²) in [5.74, 6) is -1.27. The molecule has 0 bridgehead atoms. The Morgan fingerprint density at radius 3 is 2.66 bits per heavy atom. The van der Waals surface area contributed by atoms with Gasteiger partial charge < -0.3 is 10.2 Å². The number of aromatic carboxylic acids is 1. The predicted molar refractivity (Wildman–Crippen MR) is 123 cm³/mol. The lowest BCUT2D eigenvalue weighted by Crippen LogP contribution is -2.28. The molecule has 0 spiro atoms. The maximum absolute atomic E-state index is 12.6. The molecule has 1 aromatic rings. The molecule has 9 heteroatoms. The van der Waals surface area contributed by atoms with Crippen LogP contribution in [0.3, 0.4) is 0 Å². The third-order valence-corrected chi connectivity index (χ3v) is 9.80. The van der Waals surface area contributed by atoms with Crippen molar-refractivity contribution in [2.45, 2.75) is 81.1 Å². The van der Waals surface area contributed by atoms with Gasteiger partial charge >= 0.3 is 5.97 Å². The SMILES string of the molecule is CC(O)(CC=CC1CCC(=O)C1CCS(=O)(=O)c1nc(C(=O)O)cs1)CC1CCCCC1. The fourth-order valence-corrected chi connectivity index (χ4v) is 7.47. The molecule has 32 heavy (non-hydrogen) atoms. The van der Waals surface area contributed by atoms with Gasteiger partial charge in [0.25, 0.3) is 0 Å². The lowest BCUT2D eigenvalue weighted by Gasteiger charge is -2.30. The summed E-state index contributed by atoms with van der Waals surface area (Å²) in [5.41, 5.74) is -1.06. The van der Waals surface area contributed by atoms with Gasteiger partial charge in [-0.3, -0.25) is 4.79 Å². The van der Waals surface area contributed by atoms with E-state index in [9.17, 15) is 23.1 Å². The minimum absolute atomic E-state index is 0.0333. The number of carboxylic acid groups (broad SMARTS) is 1. The normalized spacial score (nSPS) is 24.8. The lowest BCUT2D eigenvalue weighted by molar-refractivity contribution is -0.121. The molecule has 178 valence electrons. The van der Waals surface area contributed by atoms with E-state index in [1.165, 1.54) is 37.5 Å². The van der Waals surface area contributed by atoms with E-state index in [2.05, 4.69) is 4.98 Å². The maximum atomic E-state index is 12.6. The number of hydrogen-bond donors (Lipinski definition) is 2. The second-order valence-electron chi connectivity index (χ2n) is 9.52. The van der Waals surface area contributed by atoms with Crippen LogP contribution in [0.5, 0.6) is 0 Å². The minimum Gasteiger partial charge on any atom is -0.476 e. The number of hydrogen-bond acceptors (Lipinski definition) is 7. The number of sulfone groups is 1. The molecular weight excluding hydrogens is 450 g/mol. The van der Waals surface area contributed by atoms with Crippen molar-refractivity contribution in [3.63, 3.8) is 0 Å². The zero-order chi connectivity index (χ0) is 23.4. The molecule has 2 saturated carbocycles. The molecule has 3 unspecified atom stereocenters. The number of carbonyl (C=O) groups excluding carboxylic acids is 1. The number of allylic oxidation sites excluding steroid dienone is 1. The van der Waals surface area contributed by atoms with Gasteiger partial charge in [0.15, 0.2) is 5.69 Å². The monoisotopic (exact) mass is 483 g/mol. The second kappa shape index (κ2) is 10.6. The molecule has 3 rings (SSSR count). The third-order valence-electron chi connectivity index (χ3n) is 6.71. The molecule has 2 N–H and O–H groups in total. The lowest BCUT2D eigenvalue weighted by atomic mass is 9.80. The van der Waals surface area contributed by atoms with Crippen molar-refractivity contribution in [2.24, 2.45) is 17.8 Å². The maximum Gasteiger partial charge on any atom is 0.355 e. The molecule has 1 heterocycles. The van der Waals surface area contributed by atoms with Crippen LogP contribution in [-0.2, 0) is 14.6 Å². The highest BCUT2D eigenvalue weighted by atomic mass is 32.2. The van der Waals surface area contributed by atoms with Gasteiger partial charge in [-0.1, -0.05) is 44.3 Å². The van der Waals surface area contributed by atoms with Crippen LogP contribution in [0.1, 0.15) is 81.6 Å². The number of Topliss-reactive ketones (excluding diaryl/α,β-unsaturated/α-hetero) is 1. The molecule has 0 amide bonds. The van der Waals surface area contributed by atoms with E-state index in [1.54, 1.807) is 0 Å². The average molecular weight is 484 g/mol. The molecule has 0 aromatic carbocycles. The number of nitrogens with zero attached hydrogens (tertiary/aromatic N) is 1. The topological polar surface area (TPSA) is 122 Å². The quantitative estimate of drug-likeness (QED) is 0.477. The first kappa shape index (κ1) is 25.1. The molecule has 7 nitrogen and oxygen atoms in total. The van der Waals surface area contributed by atoms with Crippen LogP contribution in [0.15, 0.2) is 21.9 Å². The zero-order valence-corrected chi connectivity index (χ0v) is 20.2. The molecule has 0 saturated heterocycles. The Balaban J connectivity index is 1.55. The van der Waals surface area contributed by atoms with E-state index in [4.69, 9.17) is 5.11 Å². The van der Waals surface area contributed by atoms with Crippen LogP contribution in [0, 0.1) is 17.8 Å². The van der Waals surface area contributed by atoms with Crippen LogP contribution >= 0.6 is 11.3 Å². The van der Waals surface area contributed by atoms with Crippen LogP contribution in [0.25, 0.3) is 0 Å². The van der Waals surface area contributed by atoms with E-state index in [1.807, 2.05) is 19.1 Å². The summed E-state index contributed by atoms with van der Waals surface area (Å²) in [5, 5.41) is 20.9. The first-order chi connectivity index (χ1) is 15.1. The third kappa shape index (κ3) is 6.71. The zero-order valence-electron chi connectivity index (χ0n) is 18.5. The molecule has 3 atom stereocenters. The standard InChI is InChI=1S/C23H33NO6S2/c1-23(28,14-16-6-3-2-4-7-16)12-5-8-17-9-10-20(25)18(17)11-13-32(29,30)22-24-19(15-31-22)21(26)27/h5,8,15-18,28H,2-4,6-7,9-14H2,1H3,(H,26,27). The Kier molecular flexibility index (Phi) is 8.27. The molecule has 0 radical (unpaired) electrons. The van der Waals surface area contributed by atoms with Gasteiger partial charge in [0.2, 0.25) is 14.2 Å². The summed E-state index contributed by atoms with van der Waals surface area (Å²) in [6.07, 6.45) is 12.7. The van der Waals surface area contributed by atoms with Crippen molar-refractivity contribution in [3.8, 4) is 0 Å². The van der Waals surface area contributed by atoms with E-state index in [0.29, 0.717) is 25.2 Å². The Hall–Kier alpha value is -1.58. The average Bonchev–Trinajstić information content (AvgIpc) is 3.35. The van der Waals surface area contributed by atoms with Crippen molar-refractivity contribution in [1.29, 1.82) is 0 Å². The van der Waals surface area contributed by atoms with Crippen LogP contribution in [-0.4, -0.2) is 46.7 Å². The first-order valence-corrected chi connectivity index (χ1v) is 13.9. The number of aliphatic hydroxyl groups is 1. The fraction of sp³-hybridized carbons (Fsp3) is 0.696. The van der Waals surface area contributed by atoms with Gasteiger partial charge in [-0.15, -0.1) is 11.3 Å². The fourth-order valence-electron chi connectivity index (χ4n) is 5.00. The molecule has 0 aliphatic heterocycles. The van der Waals surface area contributed by atoms with Gasteiger partial charge in [0, 0.05) is 17.7 Å². The molecular formula is C23H33NO6S2. The number of thiazole rings is 1. The van der Waals surface area contributed by atoms with Crippen molar-refractivity contribution < 1.29 is 28.2 Å². The highest BCUT2D eigenvalue weighted by molar-refractivity contribution is 7.93. The van der Waals surface area contributed by atoms with E-state index in [-0.39, 0.29) is 39.8 Å². The molecule has 1 aromatic heterocycles. The Morgan fingerprint density at radius 1 is 1.28 bits per heavy atom. The van der Waals surface area contributed by atoms with E-state index < -0.39 is 21.4 Å². The van der Waals surface area contributed by atoms with Gasteiger partial charge in [0.05, 0.1) is 11.4 Å². The second-order valence-corrected chi connectivity index (χ2v) is 12.7. The number of carbonyl (C=O) groups is 2. The Bertz CT molecular complexity index is 943. The Labute approximate surface area is 193 Å². The molecule has 2 aliphatic carbocycles.